The Morgan fingerprint density at radius 2 is 1.62 bits per heavy atom. The molecule has 0 heterocycles. The van der Waals surface area contributed by atoms with Gasteiger partial charge in [-0.3, -0.25) is 0 Å². The molecule has 2 rings (SSSR count). The molecule has 0 unspecified atom stereocenters. The van der Waals surface area contributed by atoms with Crippen LogP contribution < -0.4 is 10.1 Å². The zero-order valence-electron chi connectivity index (χ0n) is 11.0. The van der Waals surface area contributed by atoms with E-state index >= 15 is 0 Å². The summed E-state index contributed by atoms with van der Waals surface area (Å²) in [5.41, 5.74) is 1.49. The highest BCUT2D eigenvalue weighted by atomic mass is 35.5. The van der Waals surface area contributed by atoms with E-state index in [-0.39, 0.29) is 5.75 Å². The van der Waals surface area contributed by atoms with Gasteiger partial charge in [0, 0.05) is 18.7 Å². The Balaban J connectivity index is 1.99. The van der Waals surface area contributed by atoms with Gasteiger partial charge in [-0.2, -0.15) is 8.78 Å². The highest BCUT2D eigenvalue weighted by molar-refractivity contribution is 6.42. The number of para-hydroxylation sites is 1. The topological polar surface area (TPSA) is 21.3 Å². The van der Waals surface area contributed by atoms with Crippen molar-refractivity contribution in [3.8, 4) is 5.75 Å². The van der Waals surface area contributed by atoms with Gasteiger partial charge in [-0.25, -0.2) is 0 Å². The summed E-state index contributed by atoms with van der Waals surface area (Å²) >= 11 is 12.0. The highest BCUT2D eigenvalue weighted by Crippen LogP contribution is 2.25. The molecule has 0 saturated heterocycles. The van der Waals surface area contributed by atoms with E-state index in [2.05, 4.69) is 10.1 Å². The number of benzene rings is 2. The fourth-order valence-corrected chi connectivity index (χ4v) is 2.26. The number of rotatable bonds is 6. The van der Waals surface area contributed by atoms with Crippen molar-refractivity contribution in [2.24, 2.45) is 0 Å². The Morgan fingerprint density at radius 3 is 2.38 bits per heavy atom. The van der Waals surface area contributed by atoms with Crippen LogP contribution in [0.15, 0.2) is 42.5 Å². The summed E-state index contributed by atoms with van der Waals surface area (Å²) < 4.78 is 29.1. The smallest absolute Gasteiger partial charge is 0.387 e. The predicted molar refractivity (Wildman–Crippen MR) is 80.1 cm³/mol. The van der Waals surface area contributed by atoms with Crippen LogP contribution in [0.25, 0.3) is 0 Å². The minimum Gasteiger partial charge on any atom is -0.434 e. The predicted octanol–water partition coefficient (Wildman–Crippen LogP) is 4.88. The SMILES string of the molecule is FC(F)Oc1ccccc1CNCc1cccc(Cl)c1Cl. The van der Waals surface area contributed by atoms with Crippen LogP contribution in [0.2, 0.25) is 10.0 Å². The second-order valence-electron chi connectivity index (χ2n) is 4.30. The molecule has 0 aliphatic heterocycles. The molecule has 0 aliphatic carbocycles. The molecule has 1 N–H and O–H groups in total. The molecule has 0 atom stereocenters. The molecule has 0 radical (unpaired) electrons. The molecule has 2 nitrogen and oxygen atoms in total. The maximum atomic E-state index is 12.3. The standard InChI is InChI=1S/C15H13Cl2F2NO/c16-12-6-3-5-11(14(12)17)9-20-8-10-4-1-2-7-13(10)21-15(18)19/h1-7,15,20H,8-9H2. The molecule has 0 bridgehead atoms. The van der Waals surface area contributed by atoms with E-state index in [0.29, 0.717) is 28.7 Å². The van der Waals surface area contributed by atoms with E-state index in [1.807, 2.05) is 6.07 Å². The Hall–Kier alpha value is -1.36. The summed E-state index contributed by atoms with van der Waals surface area (Å²) in [5.74, 6) is 0.164. The molecule has 112 valence electrons. The summed E-state index contributed by atoms with van der Waals surface area (Å²) in [6.45, 7) is -1.98. The Bertz CT molecular complexity index is 608. The second-order valence-corrected chi connectivity index (χ2v) is 5.09. The van der Waals surface area contributed by atoms with E-state index in [1.165, 1.54) is 6.07 Å². The lowest BCUT2D eigenvalue weighted by atomic mass is 10.2. The van der Waals surface area contributed by atoms with Crippen molar-refractivity contribution in [3.05, 3.63) is 63.6 Å². The van der Waals surface area contributed by atoms with Gasteiger partial charge < -0.3 is 10.1 Å². The summed E-state index contributed by atoms with van der Waals surface area (Å²) in [5, 5.41) is 4.11. The molecule has 21 heavy (non-hydrogen) atoms. The van der Waals surface area contributed by atoms with Crippen LogP contribution in [0.4, 0.5) is 8.78 Å². The maximum Gasteiger partial charge on any atom is 0.387 e. The third-order valence-electron chi connectivity index (χ3n) is 2.85. The molecule has 2 aromatic carbocycles. The van der Waals surface area contributed by atoms with Crippen molar-refractivity contribution in [3.63, 3.8) is 0 Å². The zero-order chi connectivity index (χ0) is 15.2. The van der Waals surface area contributed by atoms with Crippen molar-refractivity contribution in [2.75, 3.05) is 0 Å². The molecule has 0 aromatic heterocycles. The molecule has 2 aromatic rings. The number of ether oxygens (including phenoxy) is 1. The third kappa shape index (κ3) is 4.56. The van der Waals surface area contributed by atoms with Crippen LogP contribution in [0.1, 0.15) is 11.1 Å². The Labute approximate surface area is 131 Å². The van der Waals surface area contributed by atoms with E-state index in [4.69, 9.17) is 23.2 Å². The number of hydrogen-bond donors (Lipinski definition) is 1. The number of halogens is 4. The fourth-order valence-electron chi connectivity index (χ4n) is 1.88. The van der Waals surface area contributed by atoms with Gasteiger partial charge in [-0.1, -0.05) is 53.5 Å². The molecular weight excluding hydrogens is 319 g/mol. The summed E-state index contributed by atoms with van der Waals surface area (Å²) in [4.78, 5) is 0. The number of alkyl halides is 2. The molecule has 0 amide bonds. The first kappa shape index (κ1) is 16.0. The van der Waals surface area contributed by atoms with Gasteiger partial charge in [0.1, 0.15) is 5.75 Å². The van der Waals surface area contributed by atoms with Crippen molar-refractivity contribution in [2.45, 2.75) is 19.7 Å². The number of hydrogen-bond acceptors (Lipinski definition) is 2. The van der Waals surface area contributed by atoms with Gasteiger partial charge in [-0.15, -0.1) is 0 Å². The summed E-state index contributed by atoms with van der Waals surface area (Å²) in [6.07, 6.45) is 0. The molecular formula is C15H13Cl2F2NO. The normalized spacial score (nSPS) is 10.9. The first-order chi connectivity index (χ1) is 10.1. The van der Waals surface area contributed by atoms with Gasteiger partial charge in [0.05, 0.1) is 10.0 Å². The van der Waals surface area contributed by atoms with Crippen LogP contribution in [0.3, 0.4) is 0 Å². The van der Waals surface area contributed by atoms with Crippen LogP contribution in [0, 0.1) is 0 Å². The van der Waals surface area contributed by atoms with E-state index in [1.54, 1.807) is 30.3 Å². The van der Waals surface area contributed by atoms with Crippen LogP contribution in [0.5, 0.6) is 5.75 Å². The lowest BCUT2D eigenvalue weighted by molar-refractivity contribution is -0.0505. The van der Waals surface area contributed by atoms with E-state index in [0.717, 1.165) is 5.56 Å². The average molecular weight is 332 g/mol. The molecule has 0 spiro atoms. The monoisotopic (exact) mass is 331 g/mol. The largest absolute Gasteiger partial charge is 0.434 e. The van der Waals surface area contributed by atoms with Gasteiger partial charge in [0.2, 0.25) is 0 Å². The van der Waals surface area contributed by atoms with Crippen LogP contribution in [-0.4, -0.2) is 6.61 Å². The van der Waals surface area contributed by atoms with Gasteiger partial charge in [0.15, 0.2) is 0 Å². The average Bonchev–Trinajstić information content (AvgIpc) is 2.45. The zero-order valence-corrected chi connectivity index (χ0v) is 12.5. The van der Waals surface area contributed by atoms with Gasteiger partial charge in [-0.05, 0) is 17.7 Å². The van der Waals surface area contributed by atoms with Crippen molar-refractivity contribution >= 4 is 23.2 Å². The third-order valence-corrected chi connectivity index (χ3v) is 3.71. The Morgan fingerprint density at radius 1 is 0.952 bits per heavy atom. The fraction of sp³-hybridized carbons (Fsp3) is 0.200. The number of nitrogens with one attached hydrogen (secondary N) is 1. The van der Waals surface area contributed by atoms with Gasteiger partial charge >= 0.3 is 6.61 Å². The van der Waals surface area contributed by atoms with E-state index < -0.39 is 6.61 Å². The van der Waals surface area contributed by atoms with Crippen LogP contribution in [-0.2, 0) is 13.1 Å². The highest BCUT2D eigenvalue weighted by Gasteiger charge is 2.09. The summed E-state index contributed by atoms with van der Waals surface area (Å²) in [6, 6.07) is 12.0. The molecule has 0 fully saturated rings. The van der Waals surface area contributed by atoms with Gasteiger partial charge in [0.25, 0.3) is 0 Å². The maximum absolute atomic E-state index is 12.3. The lowest BCUT2D eigenvalue weighted by Gasteiger charge is -2.12. The molecule has 6 heteroatoms. The quantitative estimate of drug-likeness (QED) is 0.814. The van der Waals surface area contributed by atoms with Crippen molar-refractivity contribution < 1.29 is 13.5 Å². The lowest BCUT2D eigenvalue weighted by Crippen LogP contribution is -2.14. The van der Waals surface area contributed by atoms with E-state index in [9.17, 15) is 8.78 Å². The van der Waals surface area contributed by atoms with Crippen molar-refractivity contribution in [1.29, 1.82) is 0 Å². The Kier molecular flexibility index (Phi) is 5.79. The van der Waals surface area contributed by atoms with Crippen LogP contribution >= 0.6 is 23.2 Å². The molecule has 0 aliphatic rings. The second kappa shape index (κ2) is 7.59. The summed E-state index contributed by atoms with van der Waals surface area (Å²) in [7, 11) is 0. The first-order valence-electron chi connectivity index (χ1n) is 6.24. The van der Waals surface area contributed by atoms with Crippen molar-refractivity contribution in [1.82, 2.24) is 5.32 Å². The molecule has 0 saturated carbocycles. The minimum atomic E-state index is -2.84. The minimum absolute atomic E-state index is 0.164. The first-order valence-corrected chi connectivity index (χ1v) is 7.00.